The van der Waals surface area contributed by atoms with Crippen LogP contribution in [0.15, 0.2) is 24.2 Å². The largest absolute Gasteiger partial charge is 0.673 e. The Morgan fingerprint density at radius 3 is 1.93 bits per heavy atom. The normalized spacial score (nSPS) is 14.9. The molecule has 1 aliphatic heterocycles. The Kier molecular flexibility index (Phi) is 5.25. The molecule has 0 amide bonds. The summed E-state index contributed by atoms with van der Waals surface area (Å²) in [7, 11) is -3.94. The zero-order valence-electron chi connectivity index (χ0n) is 8.92. The first-order valence-corrected chi connectivity index (χ1v) is 4.35. The molecule has 0 N–H and O–H groups in total. The van der Waals surface area contributed by atoms with Gasteiger partial charge >= 0.3 is 7.25 Å². The molecule has 0 spiro atoms. The lowest BCUT2D eigenvalue weighted by Crippen LogP contribution is -2.17. The first kappa shape index (κ1) is 13.9. The predicted molar refractivity (Wildman–Crippen MR) is 53.2 cm³/mol. The Morgan fingerprint density at radius 2 is 1.67 bits per heavy atom. The highest BCUT2D eigenvalue weighted by Crippen LogP contribution is 2.06. The summed E-state index contributed by atoms with van der Waals surface area (Å²) in [4.78, 5) is 4.30. The van der Waals surface area contributed by atoms with Crippen LogP contribution in [-0.2, 0) is 0 Å². The van der Waals surface area contributed by atoms with Crippen molar-refractivity contribution >= 4 is 7.25 Å². The van der Waals surface area contributed by atoms with Crippen LogP contribution < -0.4 is 0 Å². The average molecular weight is 225 g/mol. The molecule has 2 nitrogen and oxygen atoms in total. The number of hydrogen-bond acceptors (Lipinski definition) is 2. The van der Waals surface area contributed by atoms with Crippen molar-refractivity contribution in [2.45, 2.75) is 13.8 Å². The van der Waals surface area contributed by atoms with Crippen LogP contribution in [0, 0.1) is 0 Å². The maximum atomic E-state index is 9.75. The third kappa shape index (κ3) is 10.8. The highest BCUT2D eigenvalue weighted by molar-refractivity contribution is 6.50. The Hall–Kier alpha value is -1.14. The van der Waals surface area contributed by atoms with Crippen molar-refractivity contribution in [2.75, 3.05) is 13.7 Å². The van der Waals surface area contributed by atoms with Crippen molar-refractivity contribution in [1.29, 1.82) is 0 Å². The molecule has 0 aromatic rings. The van der Waals surface area contributed by atoms with E-state index in [1.165, 1.54) is 5.57 Å². The Balaban J connectivity index is 0.000000336. The van der Waals surface area contributed by atoms with Crippen LogP contribution in [0.2, 0.25) is 0 Å². The molecule has 1 heterocycles. The summed E-state index contributed by atoms with van der Waals surface area (Å²) in [5.74, 6) is 0. The second-order valence-electron chi connectivity index (χ2n) is 3.41. The van der Waals surface area contributed by atoms with Crippen molar-refractivity contribution in [3.05, 3.63) is 24.2 Å². The second-order valence-corrected chi connectivity index (χ2v) is 3.41. The van der Waals surface area contributed by atoms with Crippen LogP contribution in [-0.4, -0.2) is 30.8 Å². The summed E-state index contributed by atoms with van der Waals surface area (Å²) in [6, 6.07) is 0. The molecule has 1 rings (SSSR count). The van der Waals surface area contributed by atoms with Gasteiger partial charge in [0.1, 0.15) is 0 Å². The first-order valence-electron chi connectivity index (χ1n) is 4.35. The van der Waals surface area contributed by atoms with E-state index in [0.29, 0.717) is 0 Å². The van der Waals surface area contributed by atoms with Crippen LogP contribution in [0.5, 0.6) is 0 Å². The van der Waals surface area contributed by atoms with E-state index in [-0.39, 0.29) is 0 Å². The number of halogens is 4. The molecule has 0 saturated heterocycles. The zero-order valence-corrected chi connectivity index (χ0v) is 8.92. The van der Waals surface area contributed by atoms with E-state index in [2.05, 4.69) is 49.3 Å². The summed E-state index contributed by atoms with van der Waals surface area (Å²) in [5.41, 5.74) is 1.33. The third-order valence-electron chi connectivity index (χ3n) is 1.32. The molecule has 88 valence electrons. The van der Waals surface area contributed by atoms with Gasteiger partial charge in [0, 0.05) is 25.6 Å². The highest BCUT2D eigenvalue weighted by atomic mass is 19.5. The minimum atomic E-state index is -6.00. The average Bonchev–Trinajstić information content (AvgIpc) is 2.29. The summed E-state index contributed by atoms with van der Waals surface area (Å²) in [5, 5.41) is 0. The van der Waals surface area contributed by atoms with E-state index in [9.17, 15) is 17.3 Å². The summed E-state index contributed by atoms with van der Waals surface area (Å²) in [6.07, 6.45) is 6.28. The lowest BCUT2D eigenvalue weighted by atomic mass is 10.3. The van der Waals surface area contributed by atoms with Crippen LogP contribution in [0.25, 0.3) is 0 Å². The van der Waals surface area contributed by atoms with Gasteiger partial charge in [-0.25, -0.2) is 0 Å². The lowest BCUT2D eigenvalue weighted by molar-refractivity contribution is 0.362. The smallest absolute Gasteiger partial charge is 0.418 e. The number of hydrogen-bond donors (Lipinski definition) is 0. The lowest BCUT2D eigenvalue weighted by Gasteiger charge is -2.13. The van der Waals surface area contributed by atoms with Crippen molar-refractivity contribution in [3.63, 3.8) is 0 Å². The van der Waals surface area contributed by atoms with Crippen LogP contribution in [0.1, 0.15) is 13.8 Å². The Labute approximate surface area is 87.0 Å². The van der Waals surface area contributed by atoms with Crippen LogP contribution in [0.3, 0.4) is 0 Å². The molecule has 0 atom stereocenters. The van der Waals surface area contributed by atoms with Crippen molar-refractivity contribution in [1.82, 2.24) is 9.80 Å². The molecule has 7 heteroatoms. The van der Waals surface area contributed by atoms with Gasteiger partial charge < -0.3 is 27.1 Å². The van der Waals surface area contributed by atoms with E-state index in [1.54, 1.807) is 0 Å². The predicted octanol–water partition coefficient (Wildman–Crippen LogP) is 2.89. The number of rotatable bonds is 1. The topological polar surface area (TPSA) is 6.48 Å². The van der Waals surface area contributed by atoms with E-state index in [4.69, 9.17) is 0 Å². The van der Waals surface area contributed by atoms with Crippen LogP contribution in [0.4, 0.5) is 17.3 Å². The fourth-order valence-electron chi connectivity index (χ4n) is 0.967. The highest BCUT2D eigenvalue weighted by Gasteiger charge is 2.20. The number of allylic oxidation sites excluding steroid dienone is 1. The molecule has 15 heavy (non-hydrogen) atoms. The minimum Gasteiger partial charge on any atom is -0.418 e. The fraction of sp³-hybridized carbons (Fsp3) is 0.500. The molecular weight excluding hydrogens is 211 g/mol. The standard InChI is InChI=1S/C8H14N2.BF4/c1-8(2)6-10-5-4-9(3)7-10;2-1(3,4)5/h4-6H,7H2,1-3H3;/q;-1. The maximum absolute atomic E-state index is 9.75. The van der Waals surface area contributed by atoms with E-state index < -0.39 is 7.25 Å². The molecule has 0 aliphatic carbocycles. The quantitative estimate of drug-likeness (QED) is 0.500. The molecule has 0 saturated carbocycles. The van der Waals surface area contributed by atoms with Gasteiger partial charge in [-0.05, 0) is 13.8 Å². The monoisotopic (exact) mass is 225 g/mol. The molecule has 1 aliphatic rings. The van der Waals surface area contributed by atoms with Crippen LogP contribution >= 0.6 is 0 Å². The van der Waals surface area contributed by atoms with E-state index >= 15 is 0 Å². The molecule has 0 aromatic heterocycles. The third-order valence-corrected chi connectivity index (χ3v) is 1.32. The Morgan fingerprint density at radius 1 is 1.20 bits per heavy atom. The second kappa shape index (κ2) is 5.67. The maximum Gasteiger partial charge on any atom is 0.673 e. The molecule has 0 radical (unpaired) electrons. The Bertz CT molecular complexity index is 240. The van der Waals surface area contributed by atoms with Crippen molar-refractivity contribution in [2.24, 2.45) is 0 Å². The van der Waals surface area contributed by atoms with Gasteiger partial charge in [-0.15, -0.1) is 0 Å². The molecule has 0 aromatic carbocycles. The van der Waals surface area contributed by atoms with Gasteiger partial charge in [0.2, 0.25) is 0 Å². The van der Waals surface area contributed by atoms with E-state index in [1.807, 2.05) is 0 Å². The fourth-order valence-corrected chi connectivity index (χ4v) is 0.967. The van der Waals surface area contributed by atoms with Gasteiger partial charge in [-0.1, -0.05) is 5.57 Å². The summed E-state index contributed by atoms with van der Waals surface area (Å²) in [6.45, 7) is 5.18. The van der Waals surface area contributed by atoms with Crippen molar-refractivity contribution in [3.8, 4) is 0 Å². The van der Waals surface area contributed by atoms with Gasteiger partial charge in [0.15, 0.2) is 0 Å². The molecule has 0 bridgehead atoms. The summed E-state index contributed by atoms with van der Waals surface area (Å²) < 4.78 is 39.0. The molecule has 0 fully saturated rings. The van der Waals surface area contributed by atoms with Gasteiger partial charge in [-0.3, -0.25) is 0 Å². The van der Waals surface area contributed by atoms with Crippen molar-refractivity contribution < 1.29 is 17.3 Å². The van der Waals surface area contributed by atoms with Gasteiger partial charge in [-0.2, -0.15) is 0 Å². The minimum absolute atomic E-state index is 0.977. The van der Waals surface area contributed by atoms with Gasteiger partial charge in [0.05, 0.1) is 6.67 Å². The zero-order chi connectivity index (χ0) is 12.1. The summed E-state index contributed by atoms with van der Waals surface area (Å²) >= 11 is 0. The van der Waals surface area contributed by atoms with Gasteiger partial charge in [0.25, 0.3) is 0 Å². The number of nitrogens with zero attached hydrogens (tertiary/aromatic N) is 2. The molecular formula is C8H14BF4N2-. The SMILES string of the molecule is CC(C)=CN1C=CN(C)C1.F[B-](F)(F)F. The molecule has 0 unspecified atom stereocenters. The first-order chi connectivity index (χ1) is 6.68. The van der Waals surface area contributed by atoms with E-state index in [0.717, 1.165) is 6.67 Å².